The van der Waals surface area contributed by atoms with E-state index in [1.165, 1.54) is 11.1 Å². The second-order valence-electron chi connectivity index (χ2n) is 5.11. The molecule has 0 aliphatic carbocycles. The molecule has 0 spiro atoms. The first-order valence-corrected chi connectivity index (χ1v) is 7.72. The van der Waals surface area contributed by atoms with E-state index in [9.17, 15) is 4.79 Å². The lowest BCUT2D eigenvalue weighted by molar-refractivity contribution is -0.121. The van der Waals surface area contributed by atoms with Crippen LogP contribution >= 0.6 is 11.3 Å². The molecular weight excluding hydrogens is 270 g/mol. The molecule has 1 aromatic carbocycles. The van der Waals surface area contributed by atoms with Crippen molar-refractivity contribution in [3.8, 4) is 0 Å². The summed E-state index contributed by atoms with van der Waals surface area (Å²) in [6, 6.07) is 8.25. The Morgan fingerprint density at radius 1 is 1.45 bits per heavy atom. The number of hydrogen-bond acceptors (Lipinski definition) is 4. The van der Waals surface area contributed by atoms with Crippen molar-refractivity contribution in [2.24, 2.45) is 0 Å². The molecule has 3 rings (SSSR count). The Morgan fingerprint density at radius 2 is 2.30 bits per heavy atom. The van der Waals surface area contributed by atoms with Gasteiger partial charge in [-0.05, 0) is 24.5 Å². The van der Waals surface area contributed by atoms with E-state index in [0.29, 0.717) is 19.4 Å². The Morgan fingerprint density at radius 3 is 3.10 bits per heavy atom. The number of hydrogen-bond donors (Lipinski definition) is 0. The molecule has 1 aliphatic rings. The highest BCUT2D eigenvalue weighted by Gasteiger charge is 2.23. The third kappa shape index (κ3) is 2.97. The van der Waals surface area contributed by atoms with Crippen LogP contribution in [0.4, 0.5) is 0 Å². The summed E-state index contributed by atoms with van der Waals surface area (Å²) in [7, 11) is 0. The minimum Gasteiger partial charge on any atom is -0.373 e. The maximum atomic E-state index is 12.2. The van der Waals surface area contributed by atoms with E-state index in [1.54, 1.807) is 11.3 Å². The van der Waals surface area contributed by atoms with Crippen LogP contribution in [0.3, 0.4) is 0 Å². The van der Waals surface area contributed by atoms with Gasteiger partial charge in [-0.1, -0.05) is 24.3 Å². The highest BCUT2D eigenvalue weighted by atomic mass is 32.1. The van der Waals surface area contributed by atoms with E-state index in [-0.39, 0.29) is 11.9 Å². The number of ether oxygens (including phenoxy) is 1. The molecule has 0 saturated heterocycles. The van der Waals surface area contributed by atoms with Crippen LogP contribution < -0.4 is 0 Å². The molecule has 1 aromatic heterocycles. The molecule has 0 bridgehead atoms. The Bertz CT molecular complexity index is 620. The molecule has 2 aromatic rings. The smallest absolute Gasteiger partial charge is 0.142 e. The molecule has 104 valence electrons. The second-order valence-corrected chi connectivity index (χ2v) is 6.05. The monoisotopic (exact) mass is 287 g/mol. The minimum atomic E-state index is -0.0893. The number of ketones is 1. The van der Waals surface area contributed by atoms with Gasteiger partial charge in [0.2, 0.25) is 0 Å². The summed E-state index contributed by atoms with van der Waals surface area (Å²) in [5, 5.41) is 2.88. The Labute approximate surface area is 122 Å². The second kappa shape index (κ2) is 5.85. The number of rotatable bonds is 4. The average molecular weight is 287 g/mol. The van der Waals surface area contributed by atoms with Gasteiger partial charge in [-0.15, -0.1) is 11.3 Å². The average Bonchev–Trinajstić information content (AvgIpc) is 2.84. The lowest BCUT2D eigenvalue weighted by atomic mass is 9.94. The van der Waals surface area contributed by atoms with Crippen LogP contribution in [0.2, 0.25) is 0 Å². The van der Waals surface area contributed by atoms with Crippen molar-refractivity contribution in [2.75, 3.05) is 6.61 Å². The summed E-state index contributed by atoms with van der Waals surface area (Å²) in [4.78, 5) is 16.5. The standard InChI is InChI=1S/C16H17NO2S/c1-11-10-20-16(17-11)9-13(18)8-15-14-5-3-2-4-12(14)6-7-19-15/h2-5,10,15H,6-9H2,1H3. The van der Waals surface area contributed by atoms with E-state index in [0.717, 1.165) is 17.1 Å². The SMILES string of the molecule is Cc1csc(CC(=O)CC2OCCc3ccccc32)n1. The largest absolute Gasteiger partial charge is 0.373 e. The predicted octanol–water partition coefficient (Wildman–Crippen LogP) is 3.27. The zero-order valence-electron chi connectivity index (χ0n) is 11.5. The fourth-order valence-corrected chi connectivity index (χ4v) is 3.38. The Kier molecular flexibility index (Phi) is 3.94. The third-order valence-electron chi connectivity index (χ3n) is 3.52. The van der Waals surface area contributed by atoms with Gasteiger partial charge < -0.3 is 4.74 Å². The zero-order chi connectivity index (χ0) is 13.9. The van der Waals surface area contributed by atoms with Crippen molar-refractivity contribution in [3.05, 3.63) is 51.5 Å². The molecule has 2 heterocycles. The topological polar surface area (TPSA) is 39.2 Å². The summed E-state index contributed by atoms with van der Waals surface area (Å²) in [5.74, 6) is 0.195. The van der Waals surface area contributed by atoms with E-state index in [1.807, 2.05) is 24.4 Å². The van der Waals surface area contributed by atoms with Crippen LogP contribution in [-0.2, 0) is 22.4 Å². The van der Waals surface area contributed by atoms with Crippen molar-refractivity contribution in [1.29, 1.82) is 0 Å². The summed E-state index contributed by atoms with van der Waals surface area (Å²) in [6.07, 6.45) is 1.71. The zero-order valence-corrected chi connectivity index (χ0v) is 12.3. The van der Waals surface area contributed by atoms with Gasteiger partial charge in [-0.3, -0.25) is 4.79 Å². The Hall–Kier alpha value is -1.52. The van der Waals surface area contributed by atoms with Gasteiger partial charge in [0.1, 0.15) is 10.8 Å². The van der Waals surface area contributed by atoms with Crippen LogP contribution in [0.25, 0.3) is 0 Å². The maximum absolute atomic E-state index is 12.2. The molecule has 1 unspecified atom stereocenters. The van der Waals surface area contributed by atoms with Crippen LogP contribution in [0.5, 0.6) is 0 Å². The third-order valence-corrected chi connectivity index (χ3v) is 4.49. The fraction of sp³-hybridized carbons (Fsp3) is 0.375. The molecule has 3 nitrogen and oxygen atoms in total. The highest BCUT2D eigenvalue weighted by molar-refractivity contribution is 7.09. The molecule has 4 heteroatoms. The first-order valence-electron chi connectivity index (χ1n) is 6.84. The number of Topliss-reactive ketones (excluding diaryl/α,β-unsaturated/α-hetero) is 1. The van der Waals surface area contributed by atoms with E-state index < -0.39 is 0 Å². The number of carbonyl (C=O) groups is 1. The number of benzene rings is 1. The first kappa shape index (κ1) is 13.5. The summed E-state index contributed by atoms with van der Waals surface area (Å²) in [5.41, 5.74) is 3.46. The number of fused-ring (bicyclic) bond motifs is 1. The van der Waals surface area contributed by atoms with Gasteiger partial charge >= 0.3 is 0 Å². The molecule has 0 saturated carbocycles. The molecule has 20 heavy (non-hydrogen) atoms. The molecular formula is C16H17NO2S. The molecule has 0 radical (unpaired) electrons. The summed E-state index contributed by atoms with van der Waals surface area (Å²) in [6.45, 7) is 2.65. The van der Waals surface area contributed by atoms with Gasteiger partial charge in [-0.2, -0.15) is 0 Å². The fourth-order valence-electron chi connectivity index (χ4n) is 2.58. The van der Waals surface area contributed by atoms with Gasteiger partial charge in [0, 0.05) is 17.5 Å². The minimum absolute atomic E-state index is 0.0893. The van der Waals surface area contributed by atoms with E-state index >= 15 is 0 Å². The molecule has 0 amide bonds. The van der Waals surface area contributed by atoms with Crippen molar-refractivity contribution >= 4 is 17.1 Å². The molecule has 0 N–H and O–H groups in total. The summed E-state index contributed by atoms with van der Waals surface area (Å²) >= 11 is 1.55. The van der Waals surface area contributed by atoms with Crippen LogP contribution in [0.1, 0.15) is 34.4 Å². The van der Waals surface area contributed by atoms with Gasteiger partial charge in [-0.25, -0.2) is 4.98 Å². The maximum Gasteiger partial charge on any atom is 0.142 e. The van der Waals surface area contributed by atoms with Crippen LogP contribution in [0.15, 0.2) is 29.6 Å². The summed E-state index contributed by atoms with van der Waals surface area (Å²) < 4.78 is 5.78. The van der Waals surface area contributed by atoms with E-state index in [2.05, 4.69) is 17.1 Å². The number of nitrogens with zero attached hydrogens (tertiary/aromatic N) is 1. The van der Waals surface area contributed by atoms with Crippen molar-refractivity contribution in [3.63, 3.8) is 0 Å². The van der Waals surface area contributed by atoms with Gasteiger partial charge in [0.25, 0.3) is 0 Å². The van der Waals surface area contributed by atoms with Crippen LogP contribution in [0, 0.1) is 6.92 Å². The Balaban J connectivity index is 1.68. The van der Waals surface area contributed by atoms with Crippen LogP contribution in [-0.4, -0.2) is 17.4 Å². The lowest BCUT2D eigenvalue weighted by Crippen LogP contribution is -2.19. The highest BCUT2D eigenvalue weighted by Crippen LogP contribution is 2.30. The number of thiazole rings is 1. The van der Waals surface area contributed by atoms with Gasteiger partial charge in [0.05, 0.1) is 19.1 Å². The van der Waals surface area contributed by atoms with Crippen molar-refractivity contribution in [2.45, 2.75) is 32.3 Å². The molecule has 0 fully saturated rings. The van der Waals surface area contributed by atoms with E-state index in [4.69, 9.17) is 4.74 Å². The number of aryl methyl sites for hydroxylation is 1. The quantitative estimate of drug-likeness (QED) is 0.866. The normalized spacial score (nSPS) is 17.8. The molecule has 1 aliphatic heterocycles. The lowest BCUT2D eigenvalue weighted by Gasteiger charge is -2.25. The number of aromatic nitrogens is 1. The first-order chi connectivity index (χ1) is 9.72. The van der Waals surface area contributed by atoms with Crippen molar-refractivity contribution < 1.29 is 9.53 Å². The number of carbonyl (C=O) groups excluding carboxylic acids is 1. The predicted molar refractivity (Wildman–Crippen MR) is 79.0 cm³/mol. The molecule has 1 atom stereocenters. The van der Waals surface area contributed by atoms with Gasteiger partial charge in [0.15, 0.2) is 0 Å². The van der Waals surface area contributed by atoms with Crippen molar-refractivity contribution in [1.82, 2.24) is 4.98 Å².